The predicted molar refractivity (Wildman–Crippen MR) is 68.6 cm³/mol. The average Bonchev–Trinajstić information content (AvgIpc) is 2.72. The Balaban J connectivity index is 2.10. The molecule has 2 aromatic rings. The lowest BCUT2D eigenvalue weighted by atomic mass is 10.0. The van der Waals surface area contributed by atoms with E-state index >= 15 is 0 Å². The SMILES string of the molecule is CC(N)Cn1ncc2c3c(ccc21)OCC(O)C3. The summed E-state index contributed by atoms with van der Waals surface area (Å²) in [6, 6.07) is 4.01. The molecular formula is C13H17N3O2. The van der Waals surface area contributed by atoms with E-state index in [1.165, 1.54) is 0 Å². The van der Waals surface area contributed by atoms with Gasteiger partial charge in [-0.1, -0.05) is 0 Å². The zero-order valence-electron chi connectivity index (χ0n) is 10.3. The Labute approximate surface area is 105 Å². The summed E-state index contributed by atoms with van der Waals surface area (Å²) in [6.07, 6.45) is 2.02. The first-order valence-corrected chi connectivity index (χ1v) is 6.19. The van der Waals surface area contributed by atoms with E-state index in [9.17, 15) is 5.11 Å². The molecule has 0 aliphatic carbocycles. The van der Waals surface area contributed by atoms with E-state index in [0.29, 0.717) is 19.6 Å². The number of aliphatic hydroxyl groups is 1. The minimum atomic E-state index is -0.431. The number of aromatic nitrogens is 2. The maximum atomic E-state index is 9.70. The van der Waals surface area contributed by atoms with Gasteiger partial charge in [0.25, 0.3) is 0 Å². The van der Waals surface area contributed by atoms with Gasteiger partial charge in [0.1, 0.15) is 12.4 Å². The van der Waals surface area contributed by atoms with Gasteiger partial charge in [0.15, 0.2) is 0 Å². The highest BCUT2D eigenvalue weighted by Crippen LogP contribution is 2.32. The molecule has 0 bridgehead atoms. The zero-order chi connectivity index (χ0) is 12.7. The van der Waals surface area contributed by atoms with Crippen LogP contribution in [0.3, 0.4) is 0 Å². The summed E-state index contributed by atoms with van der Waals surface area (Å²) >= 11 is 0. The third kappa shape index (κ3) is 1.85. The molecule has 1 aromatic carbocycles. The lowest BCUT2D eigenvalue weighted by Crippen LogP contribution is -2.25. The van der Waals surface area contributed by atoms with Crippen molar-refractivity contribution < 1.29 is 9.84 Å². The lowest BCUT2D eigenvalue weighted by Gasteiger charge is -2.22. The van der Waals surface area contributed by atoms with E-state index in [4.69, 9.17) is 10.5 Å². The van der Waals surface area contributed by atoms with Gasteiger partial charge in [0, 0.05) is 23.4 Å². The predicted octanol–water partition coefficient (Wildman–Crippen LogP) is 0.679. The maximum Gasteiger partial charge on any atom is 0.123 e. The molecule has 5 heteroatoms. The highest BCUT2D eigenvalue weighted by molar-refractivity contribution is 5.85. The second kappa shape index (κ2) is 4.26. The third-order valence-corrected chi connectivity index (χ3v) is 3.23. The molecule has 5 nitrogen and oxygen atoms in total. The summed E-state index contributed by atoms with van der Waals surface area (Å²) in [6.45, 7) is 3.01. The summed E-state index contributed by atoms with van der Waals surface area (Å²) in [5.41, 5.74) is 7.90. The Hall–Kier alpha value is -1.59. The van der Waals surface area contributed by atoms with Gasteiger partial charge in [-0.3, -0.25) is 4.68 Å². The summed E-state index contributed by atoms with van der Waals surface area (Å²) in [5.74, 6) is 0.855. The zero-order valence-corrected chi connectivity index (χ0v) is 10.3. The highest BCUT2D eigenvalue weighted by atomic mass is 16.5. The molecule has 1 aliphatic rings. The number of fused-ring (bicyclic) bond motifs is 3. The molecule has 0 spiro atoms. The maximum absolute atomic E-state index is 9.70. The molecule has 96 valence electrons. The van der Waals surface area contributed by atoms with Gasteiger partial charge in [-0.15, -0.1) is 0 Å². The first kappa shape index (κ1) is 11.5. The molecule has 0 radical (unpaired) electrons. The van der Waals surface area contributed by atoms with Crippen LogP contribution in [-0.2, 0) is 13.0 Å². The van der Waals surface area contributed by atoms with E-state index in [1.54, 1.807) is 0 Å². The first-order chi connectivity index (χ1) is 8.65. The van der Waals surface area contributed by atoms with E-state index in [2.05, 4.69) is 5.10 Å². The second-order valence-electron chi connectivity index (χ2n) is 4.95. The molecule has 3 rings (SSSR count). The molecule has 0 amide bonds. The van der Waals surface area contributed by atoms with Gasteiger partial charge >= 0.3 is 0 Å². The van der Waals surface area contributed by atoms with Crippen molar-refractivity contribution in [3.8, 4) is 5.75 Å². The minimum absolute atomic E-state index is 0.0611. The fraction of sp³-hybridized carbons (Fsp3) is 0.462. The van der Waals surface area contributed by atoms with Crippen LogP contribution in [0.5, 0.6) is 5.75 Å². The Kier molecular flexibility index (Phi) is 2.72. The smallest absolute Gasteiger partial charge is 0.123 e. The lowest BCUT2D eigenvalue weighted by molar-refractivity contribution is 0.0927. The fourth-order valence-corrected chi connectivity index (χ4v) is 2.44. The Morgan fingerprint density at radius 1 is 1.61 bits per heavy atom. The molecular weight excluding hydrogens is 230 g/mol. The number of nitrogens with two attached hydrogens (primary N) is 1. The van der Waals surface area contributed by atoms with Crippen molar-refractivity contribution in [1.82, 2.24) is 9.78 Å². The second-order valence-corrected chi connectivity index (χ2v) is 4.95. The van der Waals surface area contributed by atoms with Crippen LogP contribution in [0.25, 0.3) is 10.9 Å². The van der Waals surface area contributed by atoms with Crippen LogP contribution in [-0.4, -0.2) is 33.6 Å². The van der Waals surface area contributed by atoms with Crippen LogP contribution in [0.15, 0.2) is 18.3 Å². The largest absolute Gasteiger partial charge is 0.491 e. The Bertz CT molecular complexity index is 577. The van der Waals surface area contributed by atoms with Crippen LogP contribution in [0.1, 0.15) is 12.5 Å². The van der Waals surface area contributed by atoms with Gasteiger partial charge < -0.3 is 15.6 Å². The van der Waals surface area contributed by atoms with E-state index in [1.807, 2.05) is 29.9 Å². The molecule has 18 heavy (non-hydrogen) atoms. The van der Waals surface area contributed by atoms with Crippen LogP contribution >= 0.6 is 0 Å². The fourth-order valence-electron chi connectivity index (χ4n) is 2.44. The quantitative estimate of drug-likeness (QED) is 0.818. The third-order valence-electron chi connectivity index (χ3n) is 3.23. The van der Waals surface area contributed by atoms with Gasteiger partial charge in [-0.25, -0.2) is 0 Å². The number of benzene rings is 1. The standard InChI is InChI=1S/C13H17N3O2/c1-8(14)6-16-12-2-3-13-10(11(12)5-15-16)4-9(17)7-18-13/h2-3,5,8-9,17H,4,6-7,14H2,1H3. The molecule has 2 unspecified atom stereocenters. The van der Waals surface area contributed by atoms with E-state index in [0.717, 1.165) is 22.2 Å². The molecule has 2 heterocycles. The van der Waals surface area contributed by atoms with Crippen molar-refractivity contribution in [2.75, 3.05) is 6.61 Å². The molecule has 2 atom stereocenters. The van der Waals surface area contributed by atoms with Gasteiger partial charge in [0.05, 0.1) is 24.4 Å². The number of rotatable bonds is 2. The highest BCUT2D eigenvalue weighted by Gasteiger charge is 2.21. The molecule has 1 aliphatic heterocycles. The molecule has 0 saturated heterocycles. The van der Waals surface area contributed by atoms with Crippen molar-refractivity contribution in [1.29, 1.82) is 0 Å². The number of ether oxygens (including phenoxy) is 1. The van der Waals surface area contributed by atoms with E-state index < -0.39 is 6.10 Å². The van der Waals surface area contributed by atoms with Crippen LogP contribution < -0.4 is 10.5 Å². The van der Waals surface area contributed by atoms with Crippen LogP contribution in [0.2, 0.25) is 0 Å². The summed E-state index contributed by atoms with van der Waals surface area (Å²) < 4.78 is 7.43. The topological polar surface area (TPSA) is 73.3 Å². The molecule has 0 fully saturated rings. The van der Waals surface area contributed by atoms with Crippen molar-refractivity contribution in [2.24, 2.45) is 5.73 Å². The normalized spacial score (nSPS) is 20.5. The summed E-state index contributed by atoms with van der Waals surface area (Å²) in [7, 11) is 0. The van der Waals surface area contributed by atoms with E-state index in [-0.39, 0.29) is 6.04 Å². The Morgan fingerprint density at radius 2 is 2.44 bits per heavy atom. The number of nitrogens with zero attached hydrogens (tertiary/aromatic N) is 2. The van der Waals surface area contributed by atoms with Crippen molar-refractivity contribution in [3.05, 3.63) is 23.9 Å². The number of aliphatic hydroxyl groups excluding tert-OH is 1. The van der Waals surface area contributed by atoms with Crippen LogP contribution in [0, 0.1) is 0 Å². The van der Waals surface area contributed by atoms with Crippen molar-refractivity contribution >= 4 is 10.9 Å². The molecule has 1 aromatic heterocycles. The minimum Gasteiger partial charge on any atom is -0.491 e. The molecule has 0 saturated carbocycles. The van der Waals surface area contributed by atoms with Gasteiger partial charge in [0.2, 0.25) is 0 Å². The number of hydrogen-bond acceptors (Lipinski definition) is 4. The monoisotopic (exact) mass is 247 g/mol. The summed E-state index contributed by atoms with van der Waals surface area (Å²) in [4.78, 5) is 0. The van der Waals surface area contributed by atoms with Crippen molar-refractivity contribution in [3.63, 3.8) is 0 Å². The Morgan fingerprint density at radius 3 is 3.22 bits per heavy atom. The average molecular weight is 247 g/mol. The number of hydrogen-bond donors (Lipinski definition) is 2. The molecule has 3 N–H and O–H groups in total. The first-order valence-electron chi connectivity index (χ1n) is 6.19. The van der Waals surface area contributed by atoms with Crippen LogP contribution in [0.4, 0.5) is 0 Å². The van der Waals surface area contributed by atoms with Gasteiger partial charge in [-0.2, -0.15) is 5.10 Å². The van der Waals surface area contributed by atoms with Gasteiger partial charge in [-0.05, 0) is 19.1 Å². The summed E-state index contributed by atoms with van der Waals surface area (Å²) in [5, 5.41) is 15.1. The van der Waals surface area contributed by atoms with Crippen molar-refractivity contribution in [2.45, 2.75) is 32.0 Å².